The molecule has 168 valence electrons. The van der Waals surface area contributed by atoms with E-state index in [1.807, 2.05) is 19.1 Å². The second kappa shape index (κ2) is 9.15. The predicted molar refractivity (Wildman–Crippen MR) is 124 cm³/mol. The quantitative estimate of drug-likeness (QED) is 0.326. The van der Waals surface area contributed by atoms with E-state index >= 15 is 0 Å². The minimum atomic E-state index is -0.471. The normalized spacial score (nSPS) is 12.9. The second-order valence-electron chi connectivity index (χ2n) is 7.98. The number of amides is 1. The van der Waals surface area contributed by atoms with Gasteiger partial charge in [-0.25, -0.2) is 4.98 Å². The number of hydrogen-bond donors (Lipinski definition) is 1. The maximum atomic E-state index is 13.2. The number of benzene rings is 2. The molecule has 0 bridgehead atoms. The SMILES string of the molecule is CC[C@@H](C)c1ccc([C@H](C)NC(=O)c2cc(-c3cccc([N+](=O)[O-])c3)nc3ncnn23)cc1. The van der Waals surface area contributed by atoms with Crippen LogP contribution in [0.2, 0.25) is 0 Å². The van der Waals surface area contributed by atoms with Crippen molar-refractivity contribution in [2.45, 2.75) is 39.2 Å². The van der Waals surface area contributed by atoms with E-state index in [1.54, 1.807) is 18.2 Å². The van der Waals surface area contributed by atoms with Crippen molar-refractivity contribution >= 4 is 17.4 Å². The van der Waals surface area contributed by atoms with E-state index in [1.165, 1.54) is 28.5 Å². The smallest absolute Gasteiger partial charge is 0.270 e. The predicted octanol–water partition coefficient (Wildman–Crippen LogP) is 4.70. The van der Waals surface area contributed by atoms with E-state index in [9.17, 15) is 14.9 Å². The zero-order valence-corrected chi connectivity index (χ0v) is 18.6. The average molecular weight is 444 g/mol. The number of aromatic nitrogens is 4. The fraction of sp³-hybridized carbons (Fsp3) is 0.250. The first-order chi connectivity index (χ1) is 15.9. The summed E-state index contributed by atoms with van der Waals surface area (Å²) in [5, 5.41) is 18.3. The topological polar surface area (TPSA) is 115 Å². The van der Waals surface area contributed by atoms with Crippen molar-refractivity contribution in [1.29, 1.82) is 0 Å². The number of carbonyl (C=O) groups is 1. The van der Waals surface area contributed by atoms with Gasteiger partial charge in [0.15, 0.2) is 0 Å². The van der Waals surface area contributed by atoms with Crippen LogP contribution in [0.1, 0.15) is 60.8 Å². The molecule has 9 heteroatoms. The zero-order valence-electron chi connectivity index (χ0n) is 18.6. The van der Waals surface area contributed by atoms with Gasteiger partial charge < -0.3 is 5.32 Å². The lowest BCUT2D eigenvalue weighted by molar-refractivity contribution is -0.384. The second-order valence-corrected chi connectivity index (χ2v) is 7.98. The number of nitro groups is 1. The lowest BCUT2D eigenvalue weighted by atomic mass is 9.96. The monoisotopic (exact) mass is 444 g/mol. The van der Waals surface area contributed by atoms with Gasteiger partial charge in [-0.1, -0.05) is 50.2 Å². The molecule has 9 nitrogen and oxygen atoms in total. The summed E-state index contributed by atoms with van der Waals surface area (Å²) in [4.78, 5) is 32.4. The number of fused-ring (bicyclic) bond motifs is 1. The molecule has 0 aliphatic rings. The van der Waals surface area contributed by atoms with Gasteiger partial charge in [0.1, 0.15) is 12.0 Å². The summed E-state index contributed by atoms with van der Waals surface area (Å²) in [6.45, 7) is 6.26. The van der Waals surface area contributed by atoms with Crippen LogP contribution in [0.5, 0.6) is 0 Å². The highest BCUT2D eigenvalue weighted by atomic mass is 16.6. The largest absolute Gasteiger partial charge is 0.344 e. The number of non-ortho nitro benzene ring substituents is 1. The van der Waals surface area contributed by atoms with Crippen LogP contribution in [0.4, 0.5) is 5.69 Å². The molecule has 0 saturated heterocycles. The first-order valence-electron chi connectivity index (χ1n) is 10.7. The van der Waals surface area contributed by atoms with Gasteiger partial charge in [-0.3, -0.25) is 14.9 Å². The van der Waals surface area contributed by atoms with Gasteiger partial charge in [-0.05, 0) is 36.5 Å². The maximum Gasteiger partial charge on any atom is 0.270 e. The summed E-state index contributed by atoms with van der Waals surface area (Å²) in [7, 11) is 0. The molecule has 2 aromatic carbocycles. The molecule has 0 fully saturated rings. The Bertz CT molecular complexity index is 1320. The van der Waals surface area contributed by atoms with Crippen molar-refractivity contribution in [3.63, 3.8) is 0 Å². The Kier molecular flexibility index (Phi) is 6.12. The van der Waals surface area contributed by atoms with Crippen molar-refractivity contribution in [2.75, 3.05) is 0 Å². The molecule has 0 spiro atoms. The van der Waals surface area contributed by atoms with E-state index in [-0.39, 0.29) is 29.1 Å². The Labute approximate surface area is 190 Å². The van der Waals surface area contributed by atoms with Crippen molar-refractivity contribution in [1.82, 2.24) is 24.9 Å². The lowest BCUT2D eigenvalue weighted by Crippen LogP contribution is -2.28. The zero-order chi connectivity index (χ0) is 23.5. The highest BCUT2D eigenvalue weighted by molar-refractivity contribution is 5.94. The Morgan fingerprint density at radius 2 is 1.85 bits per heavy atom. The molecule has 0 radical (unpaired) electrons. The fourth-order valence-corrected chi connectivity index (χ4v) is 3.60. The first kappa shape index (κ1) is 22.1. The third kappa shape index (κ3) is 4.57. The van der Waals surface area contributed by atoms with Gasteiger partial charge in [-0.15, -0.1) is 0 Å². The molecule has 0 aliphatic carbocycles. The Morgan fingerprint density at radius 1 is 1.12 bits per heavy atom. The van der Waals surface area contributed by atoms with Gasteiger partial charge in [0.05, 0.1) is 16.7 Å². The molecule has 4 rings (SSSR count). The Hall–Kier alpha value is -4.14. The van der Waals surface area contributed by atoms with Gasteiger partial charge in [0.2, 0.25) is 0 Å². The van der Waals surface area contributed by atoms with Crippen LogP contribution < -0.4 is 5.32 Å². The van der Waals surface area contributed by atoms with Gasteiger partial charge in [-0.2, -0.15) is 14.6 Å². The fourth-order valence-electron chi connectivity index (χ4n) is 3.60. The molecule has 2 aromatic heterocycles. The maximum absolute atomic E-state index is 13.2. The minimum Gasteiger partial charge on any atom is -0.344 e. The number of nitrogens with one attached hydrogen (secondary N) is 1. The Morgan fingerprint density at radius 3 is 2.55 bits per heavy atom. The average Bonchev–Trinajstić information content (AvgIpc) is 3.31. The summed E-state index contributed by atoms with van der Waals surface area (Å²) in [5.41, 5.74) is 3.34. The van der Waals surface area contributed by atoms with Crippen LogP contribution in [0, 0.1) is 10.1 Å². The lowest BCUT2D eigenvalue weighted by Gasteiger charge is -2.16. The van der Waals surface area contributed by atoms with Crippen LogP contribution >= 0.6 is 0 Å². The molecular weight excluding hydrogens is 420 g/mol. The number of nitrogens with zero attached hydrogens (tertiary/aromatic N) is 5. The number of hydrogen-bond acceptors (Lipinski definition) is 6. The summed E-state index contributed by atoms with van der Waals surface area (Å²) >= 11 is 0. The first-order valence-corrected chi connectivity index (χ1v) is 10.7. The third-order valence-electron chi connectivity index (χ3n) is 5.80. The minimum absolute atomic E-state index is 0.0592. The van der Waals surface area contributed by atoms with E-state index < -0.39 is 4.92 Å². The van der Waals surface area contributed by atoms with Gasteiger partial charge in [0.25, 0.3) is 17.4 Å². The molecule has 2 atom stereocenters. The molecular formula is C24H24N6O3. The standard InChI is InChI=1S/C24H24N6O3/c1-4-15(2)17-8-10-18(11-9-17)16(3)27-23(31)22-13-21(28-24-25-14-26-29(22)24)19-6-5-7-20(12-19)30(32)33/h5-16H,4H2,1-3H3,(H,27,31)/t15-,16+/m1/s1. The number of rotatable bonds is 7. The Balaban J connectivity index is 1.63. The summed E-state index contributed by atoms with van der Waals surface area (Å²) < 4.78 is 1.36. The van der Waals surface area contributed by atoms with Crippen molar-refractivity contribution in [3.8, 4) is 11.3 Å². The van der Waals surface area contributed by atoms with Crippen molar-refractivity contribution < 1.29 is 9.72 Å². The van der Waals surface area contributed by atoms with Crippen LogP contribution in [0.15, 0.2) is 60.9 Å². The van der Waals surface area contributed by atoms with Crippen LogP contribution in [-0.2, 0) is 0 Å². The van der Waals surface area contributed by atoms with Gasteiger partial charge >= 0.3 is 0 Å². The highest BCUT2D eigenvalue weighted by Crippen LogP contribution is 2.25. The number of nitro benzene ring substituents is 1. The summed E-state index contributed by atoms with van der Waals surface area (Å²) in [6.07, 6.45) is 2.38. The summed E-state index contributed by atoms with van der Waals surface area (Å²) in [6, 6.07) is 15.7. The molecule has 0 saturated carbocycles. The number of carbonyl (C=O) groups excluding carboxylic acids is 1. The van der Waals surface area contributed by atoms with Gasteiger partial charge in [0, 0.05) is 17.7 Å². The van der Waals surface area contributed by atoms with E-state index in [0.29, 0.717) is 17.2 Å². The van der Waals surface area contributed by atoms with Crippen LogP contribution in [0.3, 0.4) is 0 Å². The molecule has 1 N–H and O–H groups in total. The highest BCUT2D eigenvalue weighted by Gasteiger charge is 2.19. The summed E-state index contributed by atoms with van der Waals surface area (Å²) in [5.74, 6) is 0.362. The molecule has 2 heterocycles. The molecule has 33 heavy (non-hydrogen) atoms. The van der Waals surface area contributed by atoms with E-state index in [2.05, 4.69) is 46.4 Å². The van der Waals surface area contributed by atoms with Crippen molar-refractivity contribution in [2.24, 2.45) is 0 Å². The molecule has 0 unspecified atom stereocenters. The van der Waals surface area contributed by atoms with E-state index in [4.69, 9.17) is 0 Å². The van der Waals surface area contributed by atoms with Crippen LogP contribution in [-0.4, -0.2) is 30.4 Å². The molecule has 4 aromatic rings. The van der Waals surface area contributed by atoms with E-state index in [0.717, 1.165) is 12.0 Å². The molecule has 1 amide bonds. The molecule has 0 aliphatic heterocycles. The van der Waals surface area contributed by atoms with Crippen molar-refractivity contribution in [3.05, 3.63) is 87.9 Å². The van der Waals surface area contributed by atoms with Crippen LogP contribution in [0.25, 0.3) is 17.0 Å². The third-order valence-corrected chi connectivity index (χ3v) is 5.80.